The molecule has 0 radical (unpaired) electrons. The topological polar surface area (TPSA) is 102 Å². The Bertz CT molecular complexity index is 874. The minimum Gasteiger partial charge on any atom is -0.451 e. The Balaban J connectivity index is 1.82. The molecule has 0 saturated heterocycles. The van der Waals surface area contributed by atoms with E-state index in [4.69, 9.17) is 4.74 Å². The van der Waals surface area contributed by atoms with Crippen LogP contribution >= 0.6 is 11.3 Å². The molecule has 2 rings (SSSR count). The van der Waals surface area contributed by atoms with Crippen LogP contribution in [0.4, 0.5) is 5.69 Å². The second-order valence-electron chi connectivity index (χ2n) is 5.85. The summed E-state index contributed by atoms with van der Waals surface area (Å²) in [4.78, 5) is 48.7. The Morgan fingerprint density at radius 3 is 2.52 bits per heavy atom. The van der Waals surface area contributed by atoms with Crippen LogP contribution in [0.3, 0.4) is 0 Å². The lowest BCUT2D eigenvalue weighted by molar-refractivity contribution is -0.152. The summed E-state index contributed by atoms with van der Waals surface area (Å²) in [6.45, 7) is 4.39. The van der Waals surface area contributed by atoms with Gasteiger partial charge < -0.3 is 15.4 Å². The van der Waals surface area contributed by atoms with Crippen molar-refractivity contribution in [3.63, 3.8) is 0 Å². The first kappa shape index (κ1) is 20.3. The molecule has 0 aliphatic heterocycles. The molecular formula is C19H20N2O5S. The fourth-order valence-electron chi connectivity index (χ4n) is 2.15. The van der Waals surface area contributed by atoms with Crippen molar-refractivity contribution >= 4 is 40.6 Å². The van der Waals surface area contributed by atoms with Crippen molar-refractivity contribution < 1.29 is 23.9 Å². The van der Waals surface area contributed by atoms with Crippen molar-refractivity contribution in [3.05, 3.63) is 51.7 Å². The summed E-state index contributed by atoms with van der Waals surface area (Å²) in [5.74, 6) is -1.76. The lowest BCUT2D eigenvalue weighted by Crippen LogP contribution is -2.35. The van der Waals surface area contributed by atoms with Gasteiger partial charge in [-0.15, -0.1) is 11.3 Å². The van der Waals surface area contributed by atoms with Crippen LogP contribution < -0.4 is 10.6 Å². The van der Waals surface area contributed by atoms with Crippen molar-refractivity contribution in [2.24, 2.45) is 0 Å². The van der Waals surface area contributed by atoms with Gasteiger partial charge in [-0.3, -0.25) is 19.2 Å². The molecule has 27 heavy (non-hydrogen) atoms. The van der Waals surface area contributed by atoms with Crippen LogP contribution in [0.5, 0.6) is 0 Å². The number of hydrogen-bond donors (Lipinski definition) is 2. The van der Waals surface area contributed by atoms with Gasteiger partial charge in [0.1, 0.15) is 6.54 Å². The first-order valence-corrected chi connectivity index (χ1v) is 9.04. The molecule has 0 fully saturated rings. The summed E-state index contributed by atoms with van der Waals surface area (Å²) in [6, 6.07) is 9.93. The third-order valence-electron chi connectivity index (χ3n) is 3.57. The summed E-state index contributed by atoms with van der Waals surface area (Å²) in [7, 11) is 0. The van der Waals surface area contributed by atoms with Crippen molar-refractivity contribution in [2.45, 2.75) is 26.9 Å². The van der Waals surface area contributed by atoms with Crippen LogP contribution in [-0.2, 0) is 14.3 Å². The van der Waals surface area contributed by atoms with Gasteiger partial charge in [0.25, 0.3) is 11.8 Å². The predicted octanol–water partition coefficient (Wildman–Crippen LogP) is 2.56. The fraction of sp³-hybridized carbons (Fsp3) is 0.263. The molecule has 2 amide bonds. The molecule has 1 atom stereocenters. The van der Waals surface area contributed by atoms with E-state index in [0.29, 0.717) is 16.1 Å². The third-order valence-corrected chi connectivity index (χ3v) is 4.57. The normalized spacial score (nSPS) is 11.4. The van der Waals surface area contributed by atoms with Gasteiger partial charge in [-0.25, -0.2) is 0 Å². The largest absolute Gasteiger partial charge is 0.451 e. The minimum absolute atomic E-state index is 0.123. The Morgan fingerprint density at radius 1 is 1.15 bits per heavy atom. The number of hydrogen-bond acceptors (Lipinski definition) is 6. The highest BCUT2D eigenvalue weighted by Crippen LogP contribution is 2.14. The fourth-order valence-corrected chi connectivity index (χ4v) is 2.93. The Kier molecular flexibility index (Phi) is 6.84. The number of esters is 1. The SMILES string of the molecule is CC(=O)c1cccc(NC(=O)[C@@H](C)OC(=O)CNC(=O)c2ccc(C)s2)c1. The molecular weight excluding hydrogens is 368 g/mol. The molecule has 8 heteroatoms. The van der Waals surface area contributed by atoms with E-state index in [1.165, 1.54) is 31.3 Å². The number of rotatable bonds is 7. The number of carbonyl (C=O) groups excluding carboxylic acids is 4. The first-order valence-electron chi connectivity index (χ1n) is 8.22. The Morgan fingerprint density at radius 2 is 1.89 bits per heavy atom. The smallest absolute Gasteiger partial charge is 0.326 e. The van der Waals surface area contributed by atoms with E-state index in [2.05, 4.69) is 10.6 Å². The Hall–Kier alpha value is -3.00. The minimum atomic E-state index is -1.06. The number of carbonyl (C=O) groups is 4. The number of Topliss-reactive ketones (excluding diaryl/α,β-unsaturated/α-hetero) is 1. The van der Waals surface area contributed by atoms with Crippen molar-refractivity contribution in [1.82, 2.24) is 5.32 Å². The molecule has 0 unspecified atom stereocenters. The highest BCUT2D eigenvalue weighted by molar-refractivity contribution is 7.13. The van der Waals surface area contributed by atoms with Gasteiger partial charge in [0, 0.05) is 16.1 Å². The number of thiophene rings is 1. The molecule has 0 aliphatic rings. The molecule has 0 bridgehead atoms. The quantitative estimate of drug-likeness (QED) is 0.561. The number of aryl methyl sites for hydroxylation is 1. The second kappa shape index (κ2) is 9.09. The zero-order chi connectivity index (χ0) is 20.0. The summed E-state index contributed by atoms with van der Waals surface area (Å²) >= 11 is 1.32. The van der Waals surface area contributed by atoms with Crippen LogP contribution in [0.1, 0.15) is 38.8 Å². The summed E-state index contributed by atoms with van der Waals surface area (Å²) < 4.78 is 5.02. The van der Waals surface area contributed by atoms with E-state index >= 15 is 0 Å². The maximum atomic E-state index is 12.1. The van der Waals surface area contributed by atoms with E-state index in [1.54, 1.807) is 24.3 Å². The van der Waals surface area contributed by atoms with Crippen molar-refractivity contribution in [1.29, 1.82) is 0 Å². The average Bonchev–Trinajstić information content (AvgIpc) is 3.06. The van der Waals surface area contributed by atoms with Gasteiger partial charge in [-0.1, -0.05) is 12.1 Å². The zero-order valence-corrected chi connectivity index (χ0v) is 16.0. The molecule has 2 N–H and O–H groups in total. The monoisotopic (exact) mass is 388 g/mol. The molecule has 1 aromatic carbocycles. The maximum absolute atomic E-state index is 12.1. The van der Waals surface area contributed by atoms with E-state index in [1.807, 2.05) is 13.0 Å². The molecule has 0 aliphatic carbocycles. The van der Waals surface area contributed by atoms with Gasteiger partial charge >= 0.3 is 5.97 Å². The van der Waals surface area contributed by atoms with E-state index in [0.717, 1.165) is 4.88 Å². The number of ether oxygens (including phenoxy) is 1. The highest BCUT2D eigenvalue weighted by Gasteiger charge is 2.19. The summed E-state index contributed by atoms with van der Waals surface area (Å²) in [5, 5.41) is 5.04. The number of nitrogens with one attached hydrogen (secondary N) is 2. The third kappa shape index (κ3) is 6.03. The molecule has 7 nitrogen and oxygen atoms in total. The standard InChI is InChI=1S/C19H20N2O5S/c1-11-7-8-16(27-11)19(25)20-10-17(23)26-13(3)18(24)21-15-6-4-5-14(9-15)12(2)22/h4-9,13H,10H2,1-3H3,(H,20,25)(H,21,24)/t13-/m1/s1. The van der Waals surface area contributed by atoms with Crippen LogP contribution in [0.15, 0.2) is 36.4 Å². The van der Waals surface area contributed by atoms with Crippen LogP contribution in [-0.4, -0.2) is 36.2 Å². The average molecular weight is 388 g/mol. The Labute approximate surface area is 160 Å². The number of anilines is 1. The summed E-state index contributed by atoms with van der Waals surface area (Å²) in [6.07, 6.45) is -1.06. The van der Waals surface area contributed by atoms with E-state index in [-0.39, 0.29) is 18.2 Å². The first-order chi connectivity index (χ1) is 12.8. The van der Waals surface area contributed by atoms with Crippen LogP contribution in [0.25, 0.3) is 0 Å². The van der Waals surface area contributed by atoms with E-state index in [9.17, 15) is 19.2 Å². The van der Waals surface area contributed by atoms with Gasteiger partial charge in [-0.2, -0.15) is 0 Å². The molecule has 1 heterocycles. The lowest BCUT2D eigenvalue weighted by Gasteiger charge is -2.14. The van der Waals surface area contributed by atoms with Gasteiger partial charge in [0.2, 0.25) is 0 Å². The molecule has 0 spiro atoms. The molecule has 142 valence electrons. The molecule has 2 aromatic rings. The van der Waals surface area contributed by atoms with Crippen molar-refractivity contribution in [2.75, 3.05) is 11.9 Å². The highest BCUT2D eigenvalue weighted by atomic mass is 32.1. The van der Waals surface area contributed by atoms with E-state index < -0.39 is 18.0 Å². The van der Waals surface area contributed by atoms with Crippen LogP contribution in [0, 0.1) is 6.92 Å². The lowest BCUT2D eigenvalue weighted by atomic mass is 10.1. The van der Waals surface area contributed by atoms with Gasteiger partial charge in [0.15, 0.2) is 11.9 Å². The van der Waals surface area contributed by atoms with Gasteiger partial charge in [-0.05, 0) is 45.0 Å². The predicted molar refractivity (Wildman–Crippen MR) is 102 cm³/mol. The van der Waals surface area contributed by atoms with Crippen LogP contribution in [0.2, 0.25) is 0 Å². The second-order valence-corrected chi connectivity index (χ2v) is 7.14. The number of ketones is 1. The maximum Gasteiger partial charge on any atom is 0.326 e. The zero-order valence-electron chi connectivity index (χ0n) is 15.2. The number of amides is 2. The number of benzene rings is 1. The molecule has 0 saturated carbocycles. The van der Waals surface area contributed by atoms with Crippen molar-refractivity contribution in [3.8, 4) is 0 Å². The molecule has 1 aromatic heterocycles. The van der Waals surface area contributed by atoms with Gasteiger partial charge in [0.05, 0.1) is 4.88 Å². The summed E-state index contributed by atoms with van der Waals surface area (Å²) in [5.41, 5.74) is 0.890.